The predicted octanol–water partition coefficient (Wildman–Crippen LogP) is 5.21. The van der Waals surface area contributed by atoms with Gasteiger partial charge in [0.05, 0.1) is 6.04 Å². The molecule has 1 amide bonds. The summed E-state index contributed by atoms with van der Waals surface area (Å²) in [7, 11) is 0. The van der Waals surface area contributed by atoms with Gasteiger partial charge in [-0.25, -0.2) is 0 Å². The van der Waals surface area contributed by atoms with E-state index >= 15 is 0 Å². The van der Waals surface area contributed by atoms with E-state index in [1.807, 2.05) is 54.6 Å². The number of nitrogens with one attached hydrogen (secondary N) is 1. The molecule has 0 bridgehead atoms. The van der Waals surface area contributed by atoms with Gasteiger partial charge in [0.15, 0.2) is 0 Å². The molecular formula is C23H27NO2. The fourth-order valence-corrected chi connectivity index (χ4v) is 3.50. The largest absolute Gasteiger partial charge is 0.487 e. The number of aryl methyl sites for hydroxylation is 1. The minimum atomic E-state index is -0.215. The van der Waals surface area contributed by atoms with Gasteiger partial charge >= 0.3 is 0 Å². The zero-order valence-electron chi connectivity index (χ0n) is 15.8. The van der Waals surface area contributed by atoms with E-state index in [0.29, 0.717) is 0 Å². The van der Waals surface area contributed by atoms with Crippen molar-refractivity contribution in [2.24, 2.45) is 0 Å². The predicted molar refractivity (Wildman–Crippen MR) is 106 cm³/mol. The normalized spacial score (nSPS) is 18.2. The highest BCUT2D eigenvalue weighted by atomic mass is 16.5. The number of benzene rings is 2. The molecule has 1 aliphatic rings. The molecule has 1 aliphatic heterocycles. The molecule has 2 aromatic rings. The number of fused-ring (bicyclic) bond motifs is 1. The van der Waals surface area contributed by atoms with Crippen LogP contribution < -0.4 is 10.1 Å². The van der Waals surface area contributed by atoms with E-state index < -0.39 is 0 Å². The molecule has 0 aliphatic carbocycles. The number of hydrogen-bond acceptors (Lipinski definition) is 2. The van der Waals surface area contributed by atoms with Gasteiger partial charge in [-0.3, -0.25) is 4.79 Å². The number of carbonyl (C=O) groups excluding carboxylic acids is 1. The van der Waals surface area contributed by atoms with Gasteiger partial charge in [0.25, 0.3) is 0 Å². The third-order valence-corrected chi connectivity index (χ3v) is 5.31. The molecule has 0 unspecified atom stereocenters. The fourth-order valence-electron chi connectivity index (χ4n) is 3.50. The molecule has 3 heteroatoms. The summed E-state index contributed by atoms with van der Waals surface area (Å²) in [6, 6.07) is 16.1. The van der Waals surface area contributed by atoms with Gasteiger partial charge in [-0.05, 0) is 37.5 Å². The molecule has 2 aromatic carbocycles. The van der Waals surface area contributed by atoms with Crippen LogP contribution in [0.3, 0.4) is 0 Å². The summed E-state index contributed by atoms with van der Waals surface area (Å²) in [5, 5.41) is 3.17. The van der Waals surface area contributed by atoms with Crippen LogP contribution >= 0.6 is 0 Å². The molecule has 0 saturated heterocycles. The summed E-state index contributed by atoms with van der Waals surface area (Å²) in [5.74, 6) is 0.809. The van der Waals surface area contributed by atoms with Crippen molar-refractivity contribution in [3.05, 3.63) is 71.3 Å². The Morgan fingerprint density at radius 1 is 1.15 bits per heavy atom. The van der Waals surface area contributed by atoms with Crippen LogP contribution in [0.15, 0.2) is 54.6 Å². The van der Waals surface area contributed by atoms with E-state index in [1.54, 1.807) is 6.08 Å². The summed E-state index contributed by atoms with van der Waals surface area (Å²) in [6.07, 6.45) is 6.10. The van der Waals surface area contributed by atoms with Gasteiger partial charge in [0.1, 0.15) is 11.4 Å². The first-order valence-electron chi connectivity index (χ1n) is 9.38. The van der Waals surface area contributed by atoms with Crippen molar-refractivity contribution < 1.29 is 9.53 Å². The minimum Gasteiger partial charge on any atom is -0.487 e. The van der Waals surface area contributed by atoms with Gasteiger partial charge in [-0.2, -0.15) is 0 Å². The van der Waals surface area contributed by atoms with Crippen molar-refractivity contribution in [1.82, 2.24) is 5.32 Å². The van der Waals surface area contributed by atoms with Crippen LogP contribution in [0.5, 0.6) is 5.75 Å². The van der Waals surface area contributed by atoms with Crippen LogP contribution in [0, 0.1) is 6.92 Å². The maximum absolute atomic E-state index is 12.5. The Labute approximate surface area is 156 Å². The van der Waals surface area contributed by atoms with Crippen LogP contribution in [0.1, 0.15) is 55.8 Å². The first-order valence-corrected chi connectivity index (χ1v) is 9.38. The summed E-state index contributed by atoms with van der Waals surface area (Å²) in [4.78, 5) is 12.5. The summed E-state index contributed by atoms with van der Waals surface area (Å²) < 4.78 is 6.30. The second-order valence-corrected chi connectivity index (χ2v) is 7.04. The van der Waals surface area contributed by atoms with Crippen molar-refractivity contribution >= 4 is 12.0 Å². The highest BCUT2D eigenvalue weighted by Crippen LogP contribution is 2.42. The van der Waals surface area contributed by atoms with Gasteiger partial charge in [-0.15, -0.1) is 0 Å². The molecule has 3 nitrogen and oxygen atoms in total. The fraction of sp³-hybridized carbons (Fsp3) is 0.348. The smallest absolute Gasteiger partial charge is 0.244 e. The second kappa shape index (κ2) is 7.77. The number of ether oxygens (including phenoxy) is 1. The summed E-state index contributed by atoms with van der Waals surface area (Å²) in [5.41, 5.74) is 3.07. The summed E-state index contributed by atoms with van der Waals surface area (Å²) >= 11 is 0. The molecule has 0 spiro atoms. The topological polar surface area (TPSA) is 38.3 Å². The number of amides is 1. The zero-order chi connectivity index (χ0) is 18.6. The number of carbonyl (C=O) groups is 1. The number of rotatable bonds is 5. The monoisotopic (exact) mass is 349 g/mol. The molecule has 0 fully saturated rings. The Balaban J connectivity index is 1.77. The highest BCUT2D eigenvalue weighted by Gasteiger charge is 2.38. The summed E-state index contributed by atoms with van der Waals surface area (Å²) in [6.45, 7) is 6.34. The average Bonchev–Trinajstić information content (AvgIpc) is 2.67. The third-order valence-electron chi connectivity index (χ3n) is 5.31. The van der Waals surface area contributed by atoms with Crippen molar-refractivity contribution in [2.45, 2.75) is 51.7 Å². The molecule has 0 saturated carbocycles. The molecule has 1 atom stereocenters. The van der Waals surface area contributed by atoms with Crippen molar-refractivity contribution in [3.8, 4) is 5.75 Å². The highest BCUT2D eigenvalue weighted by molar-refractivity contribution is 5.92. The van der Waals surface area contributed by atoms with E-state index in [9.17, 15) is 4.79 Å². The van der Waals surface area contributed by atoms with E-state index in [-0.39, 0.29) is 17.6 Å². The molecule has 0 radical (unpaired) electrons. The maximum Gasteiger partial charge on any atom is 0.244 e. The van der Waals surface area contributed by atoms with Crippen molar-refractivity contribution in [1.29, 1.82) is 0 Å². The quantitative estimate of drug-likeness (QED) is 0.753. The van der Waals surface area contributed by atoms with Crippen molar-refractivity contribution in [3.63, 3.8) is 0 Å². The molecule has 3 rings (SSSR count). The van der Waals surface area contributed by atoms with Gasteiger partial charge in [0, 0.05) is 18.1 Å². The van der Waals surface area contributed by atoms with Gasteiger partial charge < -0.3 is 10.1 Å². The lowest BCUT2D eigenvalue weighted by atomic mass is 9.83. The maximum atomic E-state index is 12.5. The first kappa shape index (κ1) is 18.2. The number of para-hydroxylation sites is 1. The van der Waals surface area contributed by atoms with Crippen molar-refractivity contribution in [2.75, 3.05) is 0 Å². The molecular weight excluding hydrogens is 322 g/mol. The standard InChI is InChI=1S/C23H27NO2/c1-4-23(5-2)16-20(19-8-6-7-9-21(19)26-23)24-22(25)15-14-18-12-10-17(3)11-13-18/h6-15,20H,4-5,16H2,1-3H3,(H,24,25)/b15-14+/t20-/m0/s1. The van der Waals surface area contributed by atoms with Gasteiger partial charge in [0.2, 0.25) is 5.91 Å². The lowest BCUT2D eigenvalue weighted by Crippen LogP contribution is -2.44. The van der Waals surface area contributed by atoms with Crippen LogP contribution in [0.2, 0.25) is 0 Å². The Morgan fingerprint density at radius 3 is 2.54 bits per heavy atom. The van der Waals surface area contributed by atoms with E-state index in [0.717, 1.165) is 36.1 Å². The third kappa shape index (κ3) is 3.98. The van der Waals surface area contributed by atoms with Crippen LogP contribution in [0.25, 0.3) is 6.08 Å². The average molecular weight is 349 g/mol. The Hall–Kier alpha value is -2.55. The Bertz CT molecular complexity index is 788. The lowest BCUT2D eigenvalue weighted by molar-refractivity contribution is -0.117. The molecule has 0 aromatic heterocycles. The molecule has 1 heterocycles. The minimum absolute atomic E-state index is 0.0324. The first-order chi connectivity index (χ1) is 12.5. The molecule has 136 valence electrons. The molecule has 1 N–H and O–H groups in total. The molecule has 26 heavy (non-hydrogen) atoms. The Kier molecular flexibility index (Phi) is 5.46. The van der Waals surface area contributed by atoms with Crippen LogP contribution in [0.4, 0.5) is 0 Å². The number of hydrogen-bond donors (Lipinski definition) is 1. The second-order valence-electron chi connectivity index (χ2n) is 7.04. The van der Waals surface area contributed by atoms with Crippen LogP contribution in [-0.2, 0) is 4.79 Å². The zero-order valence-corrected chi connectivity index (χ0v) is 15.8. The Morgan fingerprint density at radius 2 is 1.85 bits per heavy atom. The SMILES string of the molecule is CCC1(CC)C[C@H](NC(=O)/C=C/c2ccc(C)cc2)c2ccccc2O1. The van der Waals surface area contributed by atoms with E-state index in [1.165, 1.54) is 5.56 Å². The van der Waals surface area contributed by atoms with Gasteiger partial charge in [-0.1, -0.05) is 61.9 Å². The van der Waals surface area contributed by atoms with Crippen LogP contribution in [-0.4, -0.2) is 11.5 Å². The lowest BCUT2D eigenvalue weighted by Gasteiger charge is -2.41. The van der Waals surface area contributed by atoms with E-state index in [2.05, 4.69) is 26.1 Å². The van der Waals surface area contributed by atoms with E-state index in [4.69, 9.17) is 4.74 Å².